The van der Waals surface area contributed by atoms with E-state index in [2.05, 4.69) is 10.3 Å². The first-order valence-electron chi connectivity index (χ1n) is 6.47. The van der Waals surface area contributed by atoms with Gasteiger partial charge in [-0.3, -0.25) is 29.5 Å². The van der Waals surface area contributed by atoms with Gasteiger partial charge in [0.25, 0.3) is 5.91 Å². The number of hydroxylamine groups is 2. The number of carbonyl (C=O) groups excluding carboxylic acids is 3. The number of imide groups is 1. The van der Waals surface area contributed by atoms with Gasteiger partial charge in [-0.2, -0.15) is 5.06 Å². The highest BCUT2D eigenvalue weighted by atomic mass is 16.7. The number of amides is 3. The molecule has 3 unspecified atom stereocenters. The first-order chi connectivity index (χ1) is 9.97. The fourth-order valence-electron chi connectivity index (χ4n) is 2.74. The molecule has 8 heteroatoms. The predicted octanol–water partition coefficient (Wildman–Crippen LogP) is -1.20. The molecule has 3 amide bonds. The van der Waals surface area contributed by atoms with Gasteiger partial charge in [-0.05, 0) is 19.1 Å². The maximum atomic E-state index is 12.0. The Bertz CT molecular complexity index is 632. The quantitative estimate of drug-likeness (QED) is 0.676. The summed E-state index contributed by atoms with van der Waals surface area (Å²) in [5, 5.41) is 3.51. The maximum Gasteiger partial charge on any atom is 0.258 e. The molecule has 0 saturated carbocycles. The van der Waals surface area contributed by atoms with Crippen molar-refractivity contribution in [3.8, 4) is 0 Å². The molecule has 0 spiro atoms. The molecule has 2 saturated heterocycles. The summed E-state index contributed by atoms with van der Waals surface area (Å²) in [7, 11) is 0. The average Bonchev–Trinajstić information content (AvgIpc) is 2.88. The van der Waals surface area contributed by atoms with Crippen molar-refractivity contribution < 1.29 is 19.2 Å². The molecule has 1 aromatic rings. The Labute approximate surface area is 120 Å². The van der Waals surface area contributed by atoms with Crippen LogP contribution in [0.4, 0.5) is 0 Å². The number of nitrogens with zero attached hydrogens (tertiary/aromatic N) is 2. The standard InChI is InChI=1S/C13H14N4O4/c1-6-3-2-4-7(15-6)10-9-11(13(20)16-12(9)19)21-17(10)5-8(14)18/h2-4,9-11H,5H2,1H3,(H2,14,18)(H,16,19,20). The molecular formula is C13H14N4O4. The molecule has 0 radical (unpaired) electrons. The van der Waals surface area contributed by atoms with Gasteiger partial charge >= 0.3 is 0 Å². The highest BCUT2D eigenvalue weighted by Crippen LogP contribution is 2.41. The number of rotatable bonds is 3. The second kappa shape index (κ2) is 4.90. The molecule has 8 nitrogen and oxygen atoms in total. The summed E-state index contributed by atoms with van der Waals surface area (Å²) < 4.78 is 0. The van der Waals surface area contributed by atoms with Crippen LogP contribution >= 0.6 is 0 Å². The van der Waals surface area contributed by atoms with Crippen LogP contribution in [-0.2, 0) is 19.2 Å². The third kappa shape index (κ3) is 2.28. The van der Waals surface area contributed by atoms with Crippen LogP contribution < -0.4 is 11.1 Å². The molecular weight excluding hydrogens is 276 g/mol. The number of hydrogen-bond donors (Lipinski definition) is 2. The number of aromatic nitrogens is 1. The molecule has 3 heterocycles. The predicted molar refractivity (Wildman–Crippen MR) is 69.1 cm³/mol. The lowest BCUT2D eigenvalue weighted by Gasteiger charge is -2.23. The summed E-state index contributed by atoms with van der Waals surface area (Å²) in [5.41, 5.74) is 6.52. The maximum absolute atomic E-state index is 12.0. The molecule has 21 heavy (non-hydrogen) atoms. The van der Waals surface area contributed by atoms with Crippen molar-refractivity contribution in [2.45, 2.75) is 19.1 Å². The van der Waals surface area contributed by atoms with Gasteiger partial charge in [0.2, 0.25) is 11.8 Å². The highest BCUT2D eigenvalue weighted by Gasteiger charge is 2.56. The molecule has 110 valence electrons. The minimum atomic E-state index is -0.941. The van der Waals surface area contributed by atoms with Crippen LogP contribution in [-0.4, -0.2) is 40.4 Å². The lowest BCUT2D eigenvalue weighted by atomic mass is 9.93. The average molecular weight is 290 g/mol. The molecule has 1 aromatic heterocycles. The van der Waals surface area contributed by atoms with Crippen molar-refractivity contribution in [3.63, 3.8) is 0 Å². The Balaban J connectivity index is 2.01. The molecule has 3 atom stereocenters. The third-order valence-electron chi connectivity index (χ3n) is 3.56. The number of nitrogens with two attached hydrogens (primary N) is 1. The number of primary amides is 1. The Morgan fingerprint density at radius 2 is 2.19 bits per heavy atom. The molecule has 0 bridgehead atoms. The van der Waals surface area contributed by atoms with Crippen molar-refractivity contribution in [2.75, 3.05) is 6.54 Å². The summed E-state index contributed by atoms with van der Waals surface area (Å²) in [6.07, 6.45) is -0.941. The van der Waals surface area contributed by atoms with Crippen molar-refractivity contribution >= 4 is 17.7 Å². The normalized spacial score (nSPS) is 28.5. The summed E-state index contributed by atoms with van der Waals surface area (Å²) >= 11 is 0. The van der Waals surface area contributed by atoms with Gasteiger partial charge in [0.15, 0.2) is 6.10 Å². The van der Waals surface area contributed by atoms with Crippen LogP contribution in [0.25, 0.3) is 0 Å². The van der Waals surface area contributed by atoms with E-state index in [-0.39, 0.29) is 6.54 Å². The fourth-order valence-corrected chi connectivity index (χ4v) is 2.74. The van der Waals surface area contributed by atoms with Gasteiger partial charge in [-0.25, -0.2) is 0 Å². The number of fused-ring (bicyclic) bond motifs is 1. The SMILES string of the molecule is Cc1cccc(C2C3C(=O)NC(=O)C3ON2CC(N)=O)n1. The van der Waals surface area contributed by atoms with Gasteiger partial charge in [0.05, 0.1) is 17.7 Å². The van der Waals surface area contributed by atoms with E-state index in [0.717, 1.165) is 5.69 Å². The molecule has 2 aliphatic rings. The van der Waals surface area contributed by atoms with Crippen LogP contribution in [0.1, 0.15) is 17.4 Å². The zero-order valence-corrected chi connectivity index (χ0v) is 11.3. The fraction of sp³-hybridized carbons (Fsp3) is 0.385. The molecule has 0 aliphatic carbocycles. The van der Waals surface area contributed by atoms with Crippen molar-refractivity contribution in [1.82, 2.24) is 15.4 Å². The highest BCUT2D eigenvalue weighted by molar-refractivity contribution is 6.07. The lowest BCUT2D eigenvalue weighted by Crippen LogP contribution is -2.38. The van der Waals surface area contributed by atoms with E-state index in [9.17, 15) is 14.4 Å². The second-order valence-electron chi connectivity index (χ2n) is 5.10. The third-order valence-corrected chi connectivity index (χ3v) is 3.56. The van der Waals surface area contributed by atoms with Crippen molar-refractivity contribution in [3.05, 3.63) is 29.6 Å². The van der Waals surface area contributed by atoms with E-state index < -0.39 is 35.8 Å². The second-order valence-corrected chi connectivity index (χ2v) is 5.10. The van der Waals surface area contributed by atoms with E-state index in [1.54, 1.807) is 12.1 Å². The molecule has 2 fully saturated rings. The van der Waals surface area contributed by atoms with Crippen molar-refractivity contribution in [2.24, 2.45) is 11.7 Å². The van der Waals surface area contributed by atoms with E-state index in [1.807, 2.05) is 13.0 Å². The Kier molecular flexibility index (Phi) is 3.19. The monoisotopic (exact) mass is 290 g/mol. The summed E-state index contributed by atoms with van der Waals surface area (Å²) in [6.45, 7) is 1.60. The van der Waals surface area contributed by atoms with Gasteiger partial charge in [-0.1, -0.05) is 6.07 Å². The van der Waals surface area contributed by atoms with E-state index >= 15 is 0 Å². The van der Waals surface area contributed by atoms with Crippen molar-refractivity contribution in [1.29, 1.82) is 0 Å². The van der Waals surface area contributed by atoms with Gasteiger partial charge < -0.3 is 5.73 Å². The topological polar surface area (TPSA) is 115 Å². The number of carbonyl (C=O) groups is 3. The van der Waals surface area contributed by atoms with Crippen LogP contribution in [0.15, 0.2) is 18.2 Å². The molecule has 2 aliphatic heterocycles. The summed E-state index contributed by atoms with van der Waals surface area (Å²) in [6, 6.07) is 4.72. The first kappa shape index (κ1) is 13.7. The van der Waals surface area contributed by atoms with E-state index in [4.69, 9.17) is 10.6 Å². The summed E-state index contributed by atoms with van der Waals surface area (Å²) in [4.78, 5) is 44.7. The molecule has 3 N–H and O–H groups in total. The molecule has 0 aromatic carbocycles. The molecule has 3 rings (SSSR count). The Morgan fingerprint density at radius 3 is 2.86 bits per heavy atom. The minimum absolute atomic E-state index is 0.214. The zero-order valence-electron chi connectivity index (χ0n) is 11.3. The largest absolute Gasteiger partial charge is 0.368 e. The Morgan fingerprint density at radius 1 is 1.43 bits per heavy atom. The van der Waals surface area contributed by atoms with Crippen LogP contribution in [0.2, 0.25) is 0 Å². The van der Waals surface area contributed by atoms with Gasteiger partial charge in [-0.15, -0.1) is 0 Å². The van der Waals surface area contributed by atoms with Crippen LogP contribution in [0, 0.1) is 12.8 Å². The summed E-state index contributed by atoms with van der Waals surface area (Å²) in [5.74, 6) is -2.27. The van der Waals surface area contributed by atoms with Gasteiger partial charge in [0.1, 0.15) is 6.54 Å². The minimum Gasteiger partial charge on any atom is -0.368 e. The Hall–Kier alpha value is -2.32. The number of hydrogen-bond acceptors (Lipinski definition) is 6. The number of pyridine rings is 1. The van der Waals surface area contributed by atoms with Crippen LogP contribution in [0.5, 0.6) is 0 Å². The number of aryl methyl sites for hydroxylation is 1. The van der Waals surface area contributed by atoms with E-state index in [1.165, 1.54) is 5.06 Å². The van der Waals surface area contributed by atoms with E-state index in [0.29, 0.717) is 5.69 Å². The first-order valence-corrected chi connectivity index (χ1v) is 6.47. The number of nitrogens with one attached hydrogen (secondary N) is 1. The van der Waals surface area contributed by atoms with Crippen LogP contribution in [0.3, 0.4) is 0 Å². The smallest absolute Gasteiger partial charge is 0.258 e. The lowest BCUT2D eigenvalue weighted by molar-refractivity contribution is -0.177. The zero-order chi connectivity index (χ0) is 15.1. The van der Waals surface area contributed by atoms with Gasteiger partial charge in [0, 0.05) is 5.69 Å².